The lowest BCUT2D eigenvalue weighted by Crippen LogP contribution is -2.14. The Morgan fingerprint density at radius 1 is 1.04 bits per heavy atom. The van der Waals surface area contributed by atoms with Crippen LogP contribution in [-0.4, -0.2) is 27.1 Å². The molecule has 0 aliphatic heterocycles. The highest BCUT2D eigenvalue weighted by molar-refractivity contribution is 7.92. The SMILES string of the molecule is COc1ccc(C)cc1S(=O)(=O)Nc1ccc(NCCc2ccccc2)nc1. The van der Waals surface area contributed by atoms with Gasteiger partial charge in [-0.2, -0.15) is 0 Å². The van der Waals surface area contributed by atoms with Crippen LogP contribution < -0.4 is 14.8 Å². The van der Waals surface area contributed by atoms with Crippen molar-refractivity contribution < 1.29 is 13.2 Å². The summed E-state index contributed by atoms with van der Waals surface area (Å²) in [5, 5.41) is 3.23. The number of pyridine rings is 1. The highest BCUT2D eigenvalue weighted by Gasteiger charge is 2.20. The number of hydrogen-bond acceptors (Lipinski definition) is 5. The van der Waals surface area contributed by atoms with Gasteiger partial charge in [0.15, 0.2) is 0 Å². The van der Waals surface area contributed by atoms with Crippen molar-refractivity contribution in [2.24, 2.45) is 0 Å². The second-order valence-electron chi connectivity index (χ2n) is 6.35. The molecule has 146 valence electrons. The van der Waals surface area contributed by atoms with Crippen molar-refractivity contribution in [2.45, 2.75) is 18.2 Å². The fourth-order valence-corrected chi connectivity index (χ4v) is 4.04. The smallest absolute Gasteiger partial charge is 0.265 e. The third-order valence-corrected chi connectivity index (χ3v) is 5.59. The molecule has 2 aromatic carbocycles. The fraction of sp³-hybridized carbons (Fsp3) is 0.190. The summed E-state index contributed by atoms with van der Waals surface area (Å²) in [6.07, 6.45) is 2.37. The molecule has 2 N–H and O–H groups in total. The Labute approximate surface area is 165 Å². The summed E-state index contributed by atoms with van der Waals surface area (Å²) in [5.41, 5.74) is 2.46. The molecular formula is C21H23N3O3S. The summed E-state index contributed by atoms with van der Waals surface area (Å²) in [6.45, 7) is 2.57. The van der Waals surface area contributed by atoms with E-state index < -0.39 is 10.0 Å². The van der Waals surface area contributed by atoms with Crippen LogP contribution in [0.2, 0.25) is 0 Å². The molecule has 1 heterocycles. The Morgan fingerprint density at radius 2 is 1.82 bits per heavy atom. The van der Waals surface area contributed by atoms with Gasteiger partial charge < -0.3 is 10.1 Å². The van der Waals surface area contributed by atoms with Gasteiger partial charge in [-0.25, -0.2) is 13.4 Å². The van der Waals surface area contributed by atoms with E-state index in [1.807, 2.05) is 25.1 Å². The van der Waals surface area contributed by atoms with E-state index in [1.165, 1.54) is 18.9 Å². The number of ether oxygens (including phenoxy) is 1. The van der Waals surface area contributed by atoms with Gasteiger partial charge in [0, 0.05) is 6.54 Å². The number of hydrogen-bond donors (Lipinski definition) is 2. The summed E-state index contributed by atoms with van der Waals surface area (Å²) >= 11 is 0. The van der Waals surface area contributed by atoms with Gasteiger partial charge in [-0.3, -0.25) is 4.72 Å². The molecule has 0 saturated carbocycles. The molecule has 0 amide bonds. The van der Waals surface area contributed by atoms with Crippen LogP contribution in [0.3, 0.4) is 0 Å². The van der Waals surface area contributed by atoms with E-state index >= 15 is 0 Å². The maximum absolute atomic E-state index is 12.7. The van der Waals surface area contributed by atoms with E-state index in [1.54, 1.807) is 30.3 Å². The number of nitrogens with zero attached hydrogens (tertiary/aromatic N) is 1. The number of methoxy groups -OCH3 is 1. The van der Waals surface area contributed by atoms with Gasteiger partial charge >= 0.3 is 0 Å². The van der Waals surface area contributed by atoms with E-state index in [2.05, 4.69) is 27.2 Å². The molecule has 0 unspecified atom stereocenters. The van der Waals surface area contributed by atoms with E-state index in [9.17, 15) is 8.42 Å². The summed E-state index contributed by atoms with van der Waals surface area (Å²) in [5.74, 6) is 0.984. The third kappa shape index (κ3) is 5.01. The summed E-state index contributed by atoms with van der Waals surface area (Å²) in [4.78, 5) is 4.38. The van der Waals surface area contributed by atoms with Crippen LogP contribution in [0.15, 0.2) is 71.8 Å². The van der Waals surface area contributed by atoms with Crippen molar-refractivity contribution in [3.05, 3.63) is 78.0 Å². The zero-order chi connectivity index (χ0) is 20.0. The Bertz CT molecular complexity index is 1020. The lowest BCUT2D eigenvalue weighted by Gasteiger charge is -2.12. The predicted octanol–water partition coefficient (Wildman–Crippen LogP) is 3.85. The molecule has 0 saturated heterocycles. The standard InChI is InChI=1S/C21H23N3O3S/c1-16-8-10-19(27-2)20(14-16)28(25,26)24-18-9-11-21(23-15-18)22-13-12-17-6-4-3-5-7-17/h3-11,14-15,24H,12-13H2,1-2H3,(H,22,23). The van der Waals surface area contributed by atoms with Gasteiger partial charge in [0.25, 0.3) is 10.0 Å². The monoisotopic (exact) mass is 397 g/mol. The molecule has 6 nitrogen and oxygen atoms in total. The Morgan fingerprint density at radius 3 is 2.50 bits per heavy atom. The van der Waals surface area contributed by atoms with Crippen LogP contribution in [0.4, 0.5) is 11.5 Å². The molecule has 0 spiro atoms. The van der Waals surface area contributed by atoms with Crippen LogP contribution >= 0.6 is 0 Å². The molecule has 0 bridgehead atoms. The lowest BCUT2D eigenvalue weighted by molar-refractivity contribution is 0.402. The predicted molar refractivity (Wildman–Crippen MR) is 111 cm³/mol. The van der Waals surface area contributed by atoms with Crippen molar-refractivity contribution >= 4 is 21.5 Å². The fourth-order valence-electron chi connectivity index (χ4n) is 2.74. The second-order valence-corrected chi connectivity index (χ2v) is 8.01. The largest absolute Gasteiger partial charge is 0.495 e. The average Bonchev–Trinajstić information content (AvgIpc) is 2.70. The number of rotatable bonds is 8. The molecule has 0 aliphatic rings. The van der Waals surface area contributed by atoms with Crippen molar-refractivity contribution in [3.63, 3.8) is 0 Å². The topological polar surface area (TPSA) is 80.3 Å². The summed E-state index contributed by atoms with van der Waals surface area (Å²) < 4.78 is 33.2. The minimum atomic E-state index is -3.78. The first kappa shape index (κ1) is 19.7. The Kier molecular flexibility index (Phi) is 6.16. The Balaban J connectivity index is 1.64. The van der Waals surface area contributed by atoms with Crippen LogP contribution in [-0.2, 0) is 16.4 Å². The minimum absolute atomic E-state index is 0.0973. The molecule has 0 radical (unpaired) electrons. The van der Waals surface area contributed by atoms with Gasteiger partial charge in [-0.1, -0.05) is 36.4 Å². The lowest BCUT2D eigenvalue weighted by atomic mass is 10.1. The highest BCUT2D eigenvalue weighted by Crippen LogP contribution is 2.26. The van der Waals surface area contributed by atoms with Gasteiger partial charge in [0.1, 0.15) is 16.5 Å². The summed E-state index contributed by atoms with van der Waals surface area (Å²) in [7, 11) is -2.33. The van der Waals surface area contributed by atoms with E-state index in [-0.39, 0.29) is 4.90 Å². The van der Waals surface area contributed by atoms with Crippen LogP contribution in [0.5, 0.6) is 5.75 Å². The van der Waals surface area contributed by atoms with Gasteiger partial charge in [-0.05, 0) is 48.7 Å². The van der Waals surface area contributed by atoms with Crippen LogP contribution in [0, 0.1) is 6.92 Å². The van der Waals surface area contributed by atoms with Crippen LogP contribution in [0.25, 0.3) is 0 Å². The molecule has 0 fully saturated rings. The van der Waals surface area contributed by atoms with E-state index in [4.69, 9.17) is 4.74 Å². The maximum atomic E-state index is 12.7. The van der Waals surface area contributed by atoms with Crippen molar-refractivity contribution in [1.82, 2.24) is 4.98 Å². The van der Waals surface area contributed by atoms with Crippen molar-refractivity contribution in [2.75, 3.05) is 23.7 Å². The van der Waals surface area contributed by atoms with E-state index in [0.717, 1.165) is 18.5 Å². The molecule has 28 heavy (non-hydrogen) atoms. The quantitative estimate of drug-likeness (QED) is 0.603. The number of aromatic nitrogens is 1. The maximum Gasteiger partial charge on any atom is 0.265 e. The number of benzene rings is 2. The molecule has 1 aromatic heterocycles. The van der Waals surface area contributed by atoms with Crippen LogP contribution in [0.1, 0.15) is 11.1 Å². The molecule has 0 atom stereocenters. The third-order valence-electron chi connectivity index (χ3n) is 4.19. The first-order chi connectivity index (χ1) is 13.5. The van der Waals surface area contributed by atoms with E-state index in [0.29, 0.717) is 17.3 Å². The molecule has 3 rings (SSSR count). The minimum Gasteiger partial charge on any atom is -0.495 e. The number of nitrogens with one attached hydrogen (secondary N) is 2. The summed E-state index contributed by atoms with van der Waals surface area (Å²) in [6, 6.07) is 18.6. The number of anilines is 2. The molecule has 0 aliphatic carbocycles. The Hall–Kier alpha value is -3.06. The number of aryl methyl sites for hydroxylation is 1. The molecule has 3 aromatic rings. The van der Waals surface area contributed by atoms with Gasteiger partial charge in [-0.15, -0.1) is 0 Å². The molecular weight excluding hydrogens is 374 g/mol. The second kappa shape index (κ2) is 8.75. The molecule has 7 heteroatoms. The van der Waals surface area contributed by atoms with Crippen molar-refractivity contribution in [1.29, 1.82) is 0 Å². The average molecular weight is 398 g/mol. The first-order valence-electron chi connectivity index (χ1n) is 8.89. The van der Waals surface area contributed by atoms with Crippen molar-refractivity contribution in [3.8, 4) is 5.75 Å². The zero-order valence-corrected chi connectivity index (χ0v) is 16.7. The zero-order valence-electron chi connectivity index (χ0n) is 15.8. The normalized spacial score (nSPS) is 11.1. The highest BCUT2D eigenvalue weighted by atomic mass is 32.2. The first-order valence-corrected chi connectivity index (χ1v) is 10.4. The van der Waals surface area contributed by atoms with Gasteiger partial charge in [0.2, 0.25) is 0 Å². The van der Waals surface area contributed by atoms with Gasteiger partial charge in [0.05, 0.1) is 19.0 Å². The number of sulfonamides is 1.